The lowest BCUT2D eigenvalue weighted by molar-refractivity contribution is -0.145. The van der Waals surface area contributed by atoms with Crippen molar-refractivity contribution in [1.29, 1.82) is 10.8 Å². The summed E-state index contributed by atoms with van der Waals surface area (Å²) in [5.41, 5.74) is 24.9. The van der Waals surface area contributed by atoms with Crippen molar-refractivity contribution in [3.8, 4) is 5.75 Å². The van der Waals surface area contributed by atoms with E-state index in [9.17, 15) is 78.0 Å². The number of primary amides is 1. The number of hydrogen-bond acceptors (Lipinski definition) is 20. The molecule has 0 spiro atoms. The number of aliphatic carboxylic acids is 1. The summed E-state index contributed by atoms with van der Waals surface area (Å²) < 4.78 is 0. The predicted molar refractivity (Wildman–Crippen MR) is 406 cm³/mol. The molecule has 1 aliphatic rings. The van der Waals surface area contributed by atoms with Gasteiger partial charge in [0.1, 0.15) is 72.2 Å². The number of carbonyl (C=O) groups excluding carboxylic acids is 12. The van der Waals surface area contributed by atoms with Crippen LogP contribution >= 0.6 is 0 Å². The van der Waals surface area contributed by atoms with Crippen molar-refractivity contribution in [2.24, 2.45) is 28.9 Å². The number of benzene rings is 3. The number of likely N-dealkylation sites (tertiary alicyclic amines) is 1. The van der Waals surface area contributed by atoms with E-state index < -0.39 is 169 Å². The molecule has 3 aromatic carbocycles. The average Bonchev–Trinajstić information content (AvgIpc) is 1.63. The third kappa shape index (κ3) is 28.2. The molecule has 12 atom stereocenters. The molecular formula is C72H103N23O17. The quantitative estimate of drug-likeness (QED) is 0.00984. The van der Waals surface area contributed by atoms with E-state index in [0.29, 0.717) is 34.0 Å². The van der Waals surface area contributed by atoms with E-state index in [0.717, 1.165) is 0 Å². The monoisotopic (exact) mass is 1560 g/mol. The van der Waals surface area contributed by atoms with E-state index in [2.05, 4.69) is 84.1 Å². The molecule has 1 saturated heterocycles. The second-order valence-corrected chi connectivity index (χ2v) is 27.3. The molecule has 40 heteroatoms. The Morgan fingerprint density at radius 3 is 1.62 bits per heavy atom. The lowest BCUT2D eigenvalue weighted by atomic mass is 9.99. The Morgan fingerprint density at radius 2 is 1.04 bits per heavy atom. The molecule has 2 aromatic heterocycles. The number of phenols is 1. The summed E-state index contributed by atoms with van der Waals surface area (Å²) in [6, 6.07) is 2.59. The van der Waals surface area contributed by atoms with Crippen LogP contribution in [-0.4, -0.2) is 241 Å². The van der Waals surface area contributed by atoms with Crippen LogP contribution in [0.3, 0.4) is 0 Å². The van der Waals surface area contributed by atoms with Crippen LogP contribution in [0.5, 0.6) is 5.75 Å². The lowest BCUT2D eigenvalue weighted by Crippen LogP contribution is -2.62. The van der Waals surface area contributed by atoms with E-state index >= 15 is 4.79 Å². The van der Waals surface area contributed by atoms with Gasteiger partial charge in [-0.15, -0.1) is 0 Å². The second-order valence-electron chi connectivity index (χ2n) is 27.3. The van der Waals surface area contributed by atoms with Gasteiger partial charge in [-0.3, -0.25) is 63.6 Å². The number of imidazole rings is 1. The largest absolute Gasteiger partial charge is 0.508 e. The molecule has 0 radical (unpaired) electrons. The standard InChI is InChI=1S/C72H103N23O17/c1-38(2)57(94-63(104)51(30-40-13-5-4-6-14-40)89-64(105)54(35-96)92-59(100)46(73)29-41-21-23-44(98)24-22-41)67(108)91-52(31-42-33-83-47-16-8-7-15-45(42)47)62(103)86-48(17-9-27-82-72(78)112)60(101)93-55(36-97)65(106)90-53(32-43-34-79-37-84-43)61(102)85-39(3)58(99)87-49(18-10-25-80-70(74)75)68(109)95-28-12-20-56(95)66(107)88-50(69(110)111)19-11-26-81-71(76)77/h4-8,13-16,21-24,33-34,37-39,46,48-57,83,96-98H,9-12,17-20,25-32,35-36,73H2,1-3H3,(H,79,84)(H,85,102)(H,86,103)(H,87,99)(H,88,107)(H,89,105)(H,90,106)(H,91,108)(H,92,100)(H,93,101)(H,94,104)(H,110,111)(H4,74,75,80)(H4,76,77,81)(H3,78,82,112)/t39-,46-,48-,49-,50-,51-,52-,53-,54-,55-,56-,57-/m0/s1. The Kier molecular flexibility index (Phi) is 35.0. The van der Waals surface area contributed by atoms with E-state index in [1.54, 1.807) is 86.8 Å². The first kappa shape index (κ1) is 88.4. The molecular weight excluding hydrogens is 1460 g/mol. The Labute approximate surface area is 644 Å². The number of nitrogens with two attached hydrogens (primary N) is 4. The molecule has 3 heterocycles. The number of rotatable bonds is 45. The Balaban J connectivity index is 1.20. The highest BCUT2D eigenvalue weighted by Crippen LogP contribution is 2.23. The van der Waals surface area contributed by atoms with Crippen LogP contribution in [0.1, 0.15) is 94.5 Å². The number of urea groups is 1. The van der Waals surface area contributed by atoms with E-state index in [-0.39, 0.29) is 120 Å². The van der Waals surface area contributed by atoms with Gasteiger partial charge >= 0.3 is 12.0 Å². The second kappa shape index (κ2) is 44.3. The van der Waals surface area contributed by atoms with Gasteiger partial charge in [0.05, 0.1) is 25.6 Å². The van der Waals surface area contributed by atoms with Crippen molar-refractivity contribution in [2.45, 2.75) is 170 Å². The summed E-state index contributed by atoms with van der Waals surface area (Å²) >= 11 is 0. The molecule has 0 bridgehead atoms. The SMILES string of the molecule is CC(C)[C@H](NC(=O)[C@H](Cc1ccccc1)NC(=O)[C@H](CO)NC(=O)[C@@H](N)Cc1ccc(O)cc1)C(=O)N[C@@H](Cc1c[nH]c2ccccc12)C(=O)N[C@@H](CCCNC(N)=O)C(=O)N[C@@H](CO)C(=O)N[C@@H](Cc1cnc[nH]1)C(=O)N[C@@H](C)C(=O)N[C@@H](CCCNC(=N)N)C(=O)N1CCC[C@H]1C(=O)N[C@@H](CCCNC(=N)N)C(=O)O. The molecule has 29 N–H and O–H groups in total. The van der Waals surface area contributed by atoms with Gasteiger partial charge in [-0.05, 0) is 106 Å². The Hall–Kier alpha value is -12.5. The maximum absolute atomic E-state index is 15.0. The molecule has 6 rings (SSSR count). The fourth-order valence-corrected chi connectivity index (χ4v) is 12.2. The molecule has 1 aliphatic heterocycles. The predicted octanol–water partition coefficient (Wildman–Crippen LogP) is -5.25. The summed E-state index contributed by atoms with van der Waals surface area (Å²) in [5, 5.41) is 89.4. The third-order valence-corrected chi connectivity index (χ3v) is 18.3. The maximum Gasteiger partial charge on any atom is 0.326 e. The number of nitrogens with zero attached hydrogens (tertiary/aromatic N) is 2. The number of aromatic amines is 2. The van der Waals surface area contributed by atoms with Gasteiger partial charge in [0.25, 0.3) is 0 Å². The van der Waals surface area contributed by atoms with Crippen LogP contribution in [0.4, 0.5) is 4.79 Å². The van der Waals surface area contributed by atoms with Gasteiger partial charge in [-0.25, -0.2) is 14.6 Å². The number of amides is 13. The minimum Gasteiger partial charge on any atom is -0.508 e. The molecule has 0 saturated carbocycles. The van der Waals surface area contributed by atoms with Crippen LogP contribution in [0.25, 0.3) is 10.9 Å². The lowest BCUT2D eigenvalue weighted by Gasteiger charge is -2.30. The molecule has 5 aromatic rings. The fraction of sp³-hybridized carbons (Fsp3) is 0.472. The van der Waals surface area contributed by atoms with Crippen LogP contribution in [0.2, 0.25) is 0 Å². The van der Waals surface area contributed by atoms with Crippen LogP contribution in [0.15, 0.2) is 97.6 Å². The van der Waals surface area contributed by atoms with E-state index in [4.69, 9.17) is 33.8 Å². The molecule has 608 valence electrons. The highest BCUT2D eigenvalue weighted by Gasteiger charge is 2.41. The number of carbonyl (C=O) groups is 13. The number of fused-ring (bicyclic) bond motifs is 1. The number of carboxylic acid groups (broad SMARTS) is 1. The zero-order chi connectivity index (χ0) is 82.1. The number of hydrogen-bond donors (Lipinski definition) is 25. The first-order valence-corrected chi connectivity index (χ1v) is 36.4. The van der Waals surface area contributed by atoms with Gasteiger partial charge in [0.15, 0.2) is 11.9 Å². The van der Waals surface area contributed by atoms with Crippen molar-refractivity contribution in [3.63, 3.8) is 0 Å². The number of para-hydroxylation sites is 1. The van der Waals surface area contributed by atoms with Crippen molar-refractivity contribution >= 4 is 99.8 Å². The topological polar surface area (TPSA) is 659 Å². The van der Waals surface area contributed by atoms with Gasteiger partial charge in [-0.1, -0.05) is 74.5 Å². The van der Waals surface area contributed by atoms with Crippen LogP contribution in [0, 0.1) is 16.7 Å². The van der Waals surface area contributed by atoms with Gasteiger partial charge in [0, 0.05) is 74.4 Å². The number of aliphatic hydroxyl groups is 2. The molecule has 0 unspecified atom stereocenters. The van der Waals surface area contributed by atoms with Crippen molar-refractivity contribution < 1.29 is 82.8 Å². The molecule has 13 amide bonds. The number of aliphatic hydroxyl groups excluding tert-OH is 2. The van der Waals surface area contributed by atoms with Gasteiger partial charge in [0.2, 0.25) is 65.0 Å². The number of nitrogens with one attached hydrogen (secondary N) is 17. The normalized spacial score (nSPS) is 15.4. The number of carboxylic acids is 1. The first-order valence-electron chi connectivity index (χ1n) is 36.4. The zero-order valence-electron chi connectivity index (χ0n) is 62.3. The maximum atomic E-state index is 15.0. The fourth-order valence-electron chi connectivity index (χ4n) is 12.2. The van der Waals surface area contributed by atoms with Crippen LogP contribution in [-0.2, 0) is 83.2 Å². The average molecular weight is 1560 g/mol. The zero-order valence-corrected chi connectivity index (χ0v) is 62.3. The Bertz CT molecular complexity index is 4050. The Morgan fingerprint density at radius 1 is 0.536 bits per heavy atom. The van der Waals surface area contributed by atoms with E-state index in [1.165, 1.54) is 36.5 Å². The van der Waals surface area contributed by atoms with Gasteiger partial charge < -0.3 is 127 Å². The molecule has 112 heavy (non-hydrogen) atoms. The highest BCUT2D eigenvalue weighted by atomic mass is 16.4. The number of guanidine groups is 2. The number of phenolic OH excluding ortho intramolecular Hbond substituents is 1. The van der Waals surface area contributed by atoms with Crippen molar-refractivity contribution in [2.75, 3.05) is 39.4 Å². The third-order valence-electron chi connectivity index (χ3n) is 18.3. The summed E-state index contributed by atoms with van der Waals surface area (Å²) in [6.07, 6.45) is 3.74. The smallest absolute Gasteiger partial charge is 0.326 e. The minimum absolute atomic E-state index is 0.00733. The highest BCUT2D eigenvalue weighted by molar-refractivity contribution is 6.00. The number of aromatic nitrogens is 3. The van der Waals surface area contributed by atoms with Gasteiger partial charge in [-0.2, -0.15) is 0 Å². The molecule has 40 nitrogen and oxygen atoms in total. The van der Waals surface area contributed by atoms with Crippen molar-refractivity contribution in [3.05, 3.63) is 120 Å². The molecule has 0 aliphatic carbocycles. The summed E-state index contributed by atoms with van der Waals surface area (Å²) in [7, 11) is 0. The van der Waals surface area contributed by atoms with Crippen LogP contribution < -0.4 is 92.1 Å². The van der Waals surface area contributed by atoms with E-state index in [1.807, 2.05) is 0 Å². The van der Waals surface area contributed by atoms with Crippen molar-refractivity contribution in [1.82, 2.24) is 89.0 Å². The first-order chi connectivity index (χ1) is 53.3. The molecule has 1 fully saturated rings. The minimum atomic E-state index is -1.89. The number of H-pyrrole nitrogens is 2. The summed E-state index contributed by atoms with van der Waals surface area (Å²) in [6.45, 7) is 2.53. The summed E-state index contributed by atoms with van der Waals surface area (Å²) in [5.74, 6) is -13.1. The summed E-state index contributed by atoms with van der Waals surface area (Å²) in [4.78, 5) is 192. The number of aromatic hydroxyl groups is 1.